The number of carboxylic acids is 1. The van der Waals surface area contributed by atoms with Gasteiger partial charge in [0.1, 0.15) is 5.54 Å². The van der Waals surface area contributed by atoms with Crippen LogP contribution in [0.5, 0.6) is 0 Å². The van der Waals surface area contributed by atoms with Gasteiger partial charge in [-0.1, -0.05) is 104 Å². The summed E-state index contributed by atoms with van der Waals surface area (Å²) in [6, 6.07) is 24.9. The fourth-order valence-electron chi connectivity index (χ4n) is 7.60. The van der Waals surface area contributed by atoms with Gasteiger partial charge in [-0.15, -0.1) is 0 Å². The number of imide groups is 1. The Morgan fingerprint density at radius 1 is 0.860 bits per heavy atom. The second-order valence-corrected chi connectivity index (χ2v) is 12.2. The van der Waals surface area contributed by atoms with E-state index in [4.69, 9.17) is 0 Å². The maximum Gasteiger partial charge on any atom is 0.325 e. The number of rotatable bonds is 7. The van der Waals surface area contributed by atoms with Gasteiger partial charge in [0.05, 0.1) is 11.8 Å². The Bertz CT molecular complexity index is 1700. The number of carboxylic acid groups (broad SMARTS) is 1. The first-order chi connectivity index (χ1) is 21.0. The lowest BCUT2D eigenvalue weighted by Crippen LogP contribution is -2.58. The smallest absolute Gasteiger partial charge is 0.325 e. The fourth-order valence-corrected chi connectivity index (χ4v) is 7.60. The van der Waals surface area contributed by atoms with Gasteiger partial charge in [-0.05, 0) is 41.2 Å². The fraction of sp³-hybridized carbons (Fsp3) is 0.306. The minimum atomic E-state index is -1.64. The van der Waals surface area contributed by atoms with Crippen molar-refractivity contribution in [1.29, 1.82) is 0 Å². The zero-order valence-corrected chi connectivity index (χ0v) is 23.9. The van der Waals surface area contributed by atoms with Crippen LogP contribution in [0.15, 0.2) is 85.1 Å². The van der Waals surface area contributed by atoms with Crippen molar-refractivity contribution in [1.82, 2.24) is 15.2 Å². The molecule has 3 heterocycles. The lowest BCUT2D eigenvalue weighted by atomic mass is 9.76. The van der Waals surface area contributed by atoms with Crippen LogP contribution in [0.1, 0.15) is 60.4 Å². The number of hydrogen-bond donors (Lipinski definition) is 3. The van der Waals surface area contributed by atoms with Crippen molar-refractivity contribution in [2.24, 2.45) is 11.8 Å². The quantitative estimate of drug-likeness (QED) is 0.186. The van der Waals surface area contributed by atoms with Gasteiger partial charge in [-0.2, -0.15) is 0 Å². The highest BCUT2D eigenvalue weighted by molar-refractivity contribution is 6.10. The van der Waals surface area contributed by atoms with E-state index in [1.54, 1.807) is 0 Å². The molecule has 0 radical (unpaired) electrons. The summed E-state index contributed by atoms with van der Waals surface area (Å²) < 4.78 is 0. The minimum Gasteiger partial charge on any atom is -0.480 e. The van der Waals surface area contributed by atoms with Gasteiger partial charge in [0, 0.05) is 35.6 Å². The first-order valence-electron chi connectivity index (χ1n) is 15.2. The maximum absolute atomic E-state index is 14.2. The van der Waals surface area contributed by atoms with Gasteiger partial charge in [0.2, 0.25) is 11.8 Å². The normalized spacial score (nSPS) is 26.0. The number of nitrogens with one attached hydrogen (secondary N) is 2. The summed E-state index contributed by atoms with van der Waals surface area (Å²) in [6.07, 6.45) is 10.6. The van der Waals surface area contributed by atoms with Crippen LogP contribution in [-0.2, 0) is 20.8 Å². The summed E-state index contributed by atoms with van der Waals surface area (Å²) in [5.74, 6) is -3.49. The molecule has 1 aliphatic carbocycles. The Morgan fingerprint density at radius 2 is 1.53 bits per heavy atom. The van der Waals surface area contributed by atoms with Crippen molar-refractivity contribution in [3.63, 3.8) is 0 Å². The molecular weight excluding hydrogens is 538 g/mol. The molecule has 0 spiro atoms. The van der Waals surface area contributed by atoms with E-state index in [1.807, 2.05) is 97.2 Å². The van der Waals surface area contributed by atoms with E-state index in [9.17, 15) is 19.5 Å². The third-order valence-corrected chi connectivity index (χ3v) is 9.72. The van der Waals surface area contributed by atoms with Crippen molar-refractivity contribution in [2.45, 2.75) is 56.1 Å². The second-order valence-electron chi connectivity index (χ2n) is 12.2. The predicted molar refractivity (Wildman–Crippen MR) is 166 cm³/mol. The predicted octanol–water partition coefficient (Wildman–Crippen LogP) is 5.98. The zero-order chi connectivity index (χ0) is 29.6. The van der Waals surface area contributed by atoms with E-state index >= 15 is 0 Å². The SMILES string of the molecule is O=C1C2C(c3ccc(C=Cc4ccccc4)cc3)NC(Cc3c[nH]c4ccccc34)(C(=O)O)C2C(=O)N1C1CCCCC1. The number of fused-ring (bicyclic) bond motifs is 2. The number of carbonyl (C=O) groups is 3. The summed E-state index contributed by atoms with van der Waals surface area (Å²) in [5.41, 5.74) is 2.96. The van der Waals surface area contributed by atoms with E-state index in [2.05, 4.69) is 10.3 Å². The summed E-state index contributed by atoms with van der Waals surface area (Å²) in [4.78, 5) is 46.5. The number of nitrogens with zero attached hydrogens (tertiary/aromatic N) is 1. The second kappa shape index (κ2) is 11.0. The first kappa shape index (κ1) is 27.3. The Kier molecular flexibility index (Phi) is 6.98. The third-order valence-electron chi connectivity index (χ3n) is 9.72. The van der Waals surface area contributed by atoms with Gasteiger partial charge in [-0.25, -0.2) is 0 Å². The molecule has 0 bridgehead atoms. The Morgan fingerprint density at radius 3 is 2.26 bits per heavy atom. The molecule has 2 aliphatic heterocycles. The highest BCUT2D eigenvalue weighted by Crippen LogP contribution is 2.51. The van der Waals surface area contributed by atoms with E-state index < -0.39 is 29.4 Å². The lowest BCUT2D eigenvalue weighted by molar-refractivity contribution is -0.152. The van der Waals surface area contributed by atoms with Crippen LogP contribution in [-0.4, -0.2) is 44.4 Å². The van der Waals surface area contributed by atoms with Gasteiger partial charge in [0.25, 0.3) is 0 Å². The molecule has 3 N–H and O–H groups in total. The Hall–Kier alpha value is -4.49. The molecule has 1 aromatic heterocycles. The van der Waals surface area contributed by atoms with E-state index in [0.29, 0.717) is 0 Å². The number of aromatic amines is 1. The molecule has 2 saturated heterocycles. The molecule has 43 heavy (non-hydrogen) atoms. The number of H-pyrrole nitrogens is 1. The molecule has 1 saturated carbocycles. The van der Waals surface area contributed by atoms with E-state index in [-0.39, 0.29) is 24.3 Å². The number of carbonyl (C=O) groups excluding carboxylic acids is 2. The lowest BCUT2D eigenvalue weighted by Gasteiger charge is -2.34. The highest BCUT2D eigenvalue weighted by atomic mass is 16.4. The molecule has 3 aromatic carbocycles. The number of benzene rings is 3. The number of para-hydroxylation sites is 1. The Balaban J connectivity index is 1.27. The first-order valence-corrected chi connectivity index (χ1v) is 15.2. The largest absolute Gasteiger partial charge is 0.480 e. The molecule has 2 amide bonds. The number of aliphatic carboxylic acids is 1. The summed E-state index contributed by atoms with van der Waals surface area (Å²) in [5, 5.41) is 15.2. The topological polar surface area (TPSA) is 102 Å². The molecule has 218 valence electrons. The summed E-state index contributed by atoms with van der Waals surface area (Å²) >= 11 is 0. The zero-order valence-electron chi connectivity index (χ0n) is 23.9. The van der Waals surface area contributed by atoms with Crippen LogP contribution in [0.25, 0.3) is 23.1 Å². The third kappa shape index (κ3) is 4.68. The van der Waals surface area contributed by atoms with Gasteiger partial charge in [-0.3, -0.25) is 24.6 Å². The van der Waals surface area contributed by atoms with Crippen molar-refractivity contribution in [3.8, 4) is 0 Å². The van der Waals surface area contributed by atoms with E-state index in [0.717, 1.165) is 65.3 Å². The standard InChI is InChI=1S/C36H35N3O4/c40-33-30-31(34(41)39(33)27-11-5-2-6-12-27)36(35(42)43,21-26-22-37-29-14-8-7-13-28(26)29)38-32(30)25-19-17-24(18-20-25)16-15-23-9-3-1-4-10-23/h1,3-4,7-10,13-20,22,27,30-32,37-38H,2,5-6,11-12,21H2,(H,42,43). The van der Waals surface area contributed by atoms with Gasteiger partial charge < -0.3 is 10.1 Å². The van der Waals surface area contributed by atoms with Crippen molar-refractivity contribution >= 4 is 40.8 Å². The van der Waals surface area contributed by atoms with E-state index in [1.165, 1.54) is 4.90 Å². The molecule has 3 aliphatic rings. The summed E-state index contributed by atoms with van der Waals surface area (Å²) in [7, 11) is 0. The van der Waals surface area contributed by atoms with Crippen LogP contribution in [0.4, 0.5) is 0 Å². The molecule has 3 fully saturated rings. The van der Waals surface area contributed by atoms with Gasteiger partial charge >= 0.3 is 5.97 Å². The molecule has 4 atom stereocenters. The van der Waals surface area contributed by atoms with Crippen molar-refractivity contribution < 1.29 is 19.5 Å². The molecular formula is C36H35N3O4. The van der Waals surface area contributed by atoms with Crippen LogP contribution >= 0.6 is 0 Å². The molecule has 7 rings (SSSR count). The number of aromatic nitrogens is 1. The van der Waals surface area contributed by atoms with Crippen LogP contribution < -0.4 is 5.32 Å². The maximum atomic E-state index is 14.2. The average Bonchev–Trinajstić information content (AvgIpc) is 3.69. The van der Waals surface area contributed by atoms with Crippen molar-refractivity contribution in [3.05, 3.63) is 107 Å². The Labute approximate surface area is 250 Å². The number of likely N-dealkylation sites (tertiary alicyclic amines) is 1. The molecule has 7 heteroatoms. The molecule has 4 unspecified atom stereocenters. The monoisotopic (exact) mass is 573 g/mol. The number of amides is 2. The molecule has 7 nitrogen and oxygen atoms in total. The van der Waals surface area contributed by atoms with Crippen LogP contribution in [0, 0.1) is 11.8 Å². The number of hydrogen-bond acceptors (Lipinski definition) is 4. The van der Waals surface area contributed by atoms with Crippen LogP contribution in [0.2, 0.25) is 0 Å². The minimum absolute atomic E-state index is 0.0828. The average molecular weight is 574 g/mol. The molecule has 4 aromatic rings. The van der Waals surface area contributed by atoms with Crippen molar-refractivity contribution in [2.75, 3.05) is 0 Å². The van der Waals surface area contributed by atoms with Gasteiger partial charge in [0.15, 0.2) is 0 Å². The highest BCUT2D eigenvalue weighted by Gasteiger charge is 2.69. The summed E-state index contributed by atoms with van der Waals surface area (Å²) in [6.45, 7) is 0. The van der Waals surface area contributed by atoms with Crippen LogP contribution in [0.3, 0.4) is 0 Å².